The molecule has 1 aromatic carbocycles. The fourth-order valence-corrected chi connectivity index (χ4v) is 2.08. The van der Waals surface area contributed by atoms with Gasteiger partial charge in [-0.05, 0) is 43.6 Å². The van der Waals surface area contributed by atoms with E-state index in [-0.39, 0.29) is 0 Å². The predicted molar refractivity (Wildman–Crippen MR) is 66.9 cm³/mol. The number of hydrogen-bond acceptors (Lipinski definition) is 2. The molecule has 2 N–H and O–H groups in total. The third-order valence-electron chi connectivity index (χ3n) is 3.16. The van der Waals surface area contributed by atoms with Crippen LogP contribution in [0.2, 0.25) is 0 Å². The Labute approximate surface area is 97.4 Å². The molecule has 0 spiro atoms. The molecule has 0 aromatic heterocycles. The highest BCUT2D eigenvalue weighted by molar-refractivity contribution is 5.34. The quantitative estimate of drug-likeness (QED) is 0.758. The highest BCUT2D eigenvalue weighted by atomic mass is 15.1. The van der Waals surface area contributed by atoms with Crippen LogP contribution >= 0.6 is 0 Å². The van der Waals surface area contributed by atoms with Crippen molar-refractivity contribution in [2.24, 2.45) is 5.73 Å². The number of likely N-dealkylation sites (tertiary alicyclic amines) is 1. The van der Waals surface area contributed by atoms with E-state index in [1.165, 1.54) is 5.56 Å². The van der Waals surface area contributed by atoms with Gasteiger partial charge >= 0.3 is 0 Å². The molecule has 1 fully saturated rings. The van der Waals surface area contributed by atoms with E-state index >= 15 is 0 Å². The Morgan fingerprint density at radius 3 is 2.44 bits per heavy atom. The van der Waals surface area contributed by atoms with E-state index in [2.05, 4.69) is 23.0 Å². The van der Waals surface area contributed by atoms with Crippen molar-refractivity contribution in [3.8, 4) is 12.3 Å². The van der Waals surface area contributed by atoms with Gasteiger partial charge in [-0.3, -0.25) is 4.90 Å². The summed E-state index contributed by atoms with van der Waals surface area (Å²) in [4.78, 5) is 2.45. The summed E-state index contributed by atoms with van der Waals surface area (Å²) < 4.78 is 0. The molecule has 1 aliphatic rings. The largest absolute Gasteiger partial charge is 0.328 e. The van der Waals surface area contributed by atoms with Gasteiger partial charge in [-0.25, -0.2) is 0 Å². The molecule has 0 bridgehead atoms. The van der Waals surface area contributed by atoms with Gasteiger partial charge in [0.2, 0.25) is 0 Å². The fraction of sp³-hybridized carbons (Fsp3) is 0.429. The van der Waals surface area contributed by atoms with E-state index in [0.717, 1.165) is 38.0 Å². The number of rotatable bonds is 2. The summed E-state index contributed by atoms with van der Waals surface area (Å²) >= 11 is 0. The molecular formula is C14H18N2. The van der Waals surface area contributed by atoms with Crippen molar-refractivity contribution in [3.05, 3.63) is 35.4 Å². The summed E-state index contributed by atoms with van der Waals surface area (Å²) in [5.41, 5.74) is 8.16. The van der Waals surface area contributed by atoms with Gasteiger partial charge in [-0.1, -0.05) is 18.1 Å². The molecule has 1 aliphatic heterocycles. The van der Waals surface area contributed by atoms with Gasteiger partial charge in [0.15, 0.2) is 0 Å². The van der Waals surface area contributed by atoms with E-state index in [4.69, 9.17) is 12.2 Å². The van der Waals surface area contributed by atoms with Gasteiger partial charge < -0.3 is 5.73 Å². The van der Waals surface area contributed by atoms with Crippen molar-refractivity contribution in [1.82, 2.24) is 4.90 Å². The van der Waals surface area contributed by atoms with Crippen molar-refractivity contribution in [2.75, 3.05) is 13.1 Å². The average molecular weight is 214 g/mol. The molecule has 2 rings (SSSR count). The Hall–Kier alpha value is -1.30. The summed E-state index contributed by atoms with van der Waals surface area (Å²) in [6.45, 7) is 3.23. The second-order valence-corrected chi connectivity index (χ2v) is 4.45. The van der Waals surface area contributed by atoms with E-state index in [1.807, 2.05) is 12.1 Å². The normalized spacial score (nSPS) is 18.2. The van der Waals surface area contributed by atoms with Crippen molar-refractivity contribution in [3.63, 3.8) is 0 Å². The SMILES string of the molecule is C#Cc1ccc(CN2CCC(N)CC2)cc1. The number of terminal acetylenes is 1. The molecule has 0 atom stereocenters. The first kappa shape index (κ1) is 11.2. The standard InChI is InChI=1S/C14H18N2/c1-2-12-3-5-13(6-4-12)11-16-9-7-14(15)8-10-16/h1,3-6,14H,7-11,15H2. The Bertz CT molecular complexity index is 367. The van der Waals surface area contributed by atoms with Gasteiger partial charge in [-0.15, -0.1) is 6.42 Å². The van der Waals surface area contributed by atoms with Gasteiger partial charge in [0.1, 0.15) is 0 Å². The van der Waals surface area contributed by atoms with E-state index in [9.17, 15) is 0 Å². The van der Waals surface area contributed by atoms with Crippen molar-refractivity contribution in [1.29, 1.82) is 0 Å². The highest BCUT2D eigenvalue weighted by Crippen LogP contribution is 2.13. The molecule has 0 radical (unpaired) electrons. The Morgan fingerprint density at radius 1 is 1.25 bits per heavy atom. The average Bonchev–Trinajstić information content (AvgIpc) is 2.33. The predicted octanol–water partition coefficient (Wildman–Crippen LogP) is 1.59. The third kappa shape index (κ3) is 2.85. The van der Waals surface area contributed by atoms with Crippen LogP contribution < -0.4 is 5.73 Å². The van der Waals surface area contributed by atoms with Crippen LogP contribution in [0, 0.1) is 12.3 Å². The molecule has 84 valence electrons. The zero-order chi connectivity index (χ0) is 11.4. The zero-order valence-electron chi connectivity index (χ0n) is 9.52. The first-order valence-electron chi connectivity index (χ1n) is 5.81. The number of piperidine rings is 1. The molecule has 2 heteroatoms. The molecule has 0 aliphatic carbocycles. The Kier molecular flexibility index (Phi) is 3.61. The number of nitrogens with two attached hydrogens (primary N) is 1. The van der Waals surface area contributed by atoms with Crippen LogP contribution in [-0.4, -0.2) is 24.0 Å². The van der Waals surface area contributed by atoms with Crippen LogP contribution in [0.1, 0.15) is 24.0 Å². The van der Waals surface area contributed by atoms with Crippen LogP contribution in [0.15, 0.2) is 24.3 Å². The second-order valence-electron chi connectivity index (χ2n) is 4.45. The minimum Gasteiger partial charge on any atom is -0.328 e. The molecule has 2 nitrogen and oxygen atoms in total. The Balaban J connectivity index is 1.91. The van der Waals surface area contributed by atoms with Crippen molar-refractivity contribution >= 4 is 0 Å². The summed E-state index contributed by atoms with van der Waals surface area (Å²) in [6, 6.07) is 8.64. The number of nitrogens with zero attached hydrogens (tertiary/aromatic N) is 1. The Morgan fingerprint density at radius 2 is 1.88 bits per heavy atom. The summed E-state index contributed by atoms with van der Waals surface area (Å²) in [6.07, 6.45) is 7.55. The summed E-state index contributed by atoms with van der Waals surface area (Å²) in [5, 5.41) is 0. The van der Waals surface area contributed by atoms with Gasteiger partial charge in [-0.2, -0.15) is 0 Å². The van der Waals surface area contributed by atoms with Crippen LogP contribution in [0.3, 0.4) is 0 Å². The lowest BCUT2D eigenvalue weighted by atomic mass is 10.0. The first-order valence-corrected chi connectivity index (χ1v) is 5.81. The molecule has 0 amide bonds. The number of hydrogen-bond donors (Lipinski definition) is 1. The number of benzene rings is 1. The van der Waals surface area contributed by atoms with E-state index in [1.54, 1.807) is 0 Å². The van der Waals surface area contributed by atoms with Gasteiger partial charge in [0.25, 0.3) is 0 Å². The minimum atomic E-state index is 0.403. The van der Waals surface area contributed by atoms with Gasteiger partial charge in [0.05, 0.1) is 0 Å². The third-order valence-corrected chi connectivity index (χ3v) is 3.16. The van der Waals surface area contributed by atoms with E-state index in [0.29, 0.717) is 6.04 Å². The van der Waals surface area contributed by atoms with E-state index < -0.39 is 0 Å². The molecular weight excluding hydrogens is 196 g/mol. The first-order chi connectivity index (χ1) is 7.78. The molecule has 1 saturated heterocycles. The molecule has 1 heterocycles. The maximum Gasteiger partial charge on any atom is 0.0242 e. The van der Waals surface area contributed by atoms with Crippen LogP contribution in [0.5, 0.6) is 0 Å². The summed E-state index contributed by atoms with van der Waals surface area (Å²) in [5.74, 6) is 2.63. The highest BCUT2D eigenvalue weighted by Gasteiger charge is 2.15. The maximum absolute atomic E-state index is 5.88. The smallest absolute Gasteiger partial charge is 0.0242 e. The summed E-state index contributed by atoms with van der Waals surface area (Å²) in [7, 11) is 0. The monoisotopic (exact) mass is 214 g/mol. The van der Waals surface area contributed by atoms with Gasteiger partial charge in [0, 0.05) is 18.2 Å². The van der Waals surface area contributed by atoms with Crippen LogP contribution in [-0.2, 0) is 6.54 Å². The molecule has 0 saturated carbocycles. The van der Waals surface area contributed by atoms with Crippen LogP contribution in [0.4, 0.5) is 0 Å². The lowest BCUT2D eigenvalue weighted by Crippen LogP contribution is -2.39. The lowest BCUT2D eigenvalue weighted by molar-refractivity contribution is 0.205. The fourth-order valence-electron chi connectivity index (χ4n) is 2.08. The van der Waals surface area contributed by atoms with Crippen LogP contribution in [0.25, 0.3) is 0 Å². The topological polar surface area (TPSA) is 29.3 Å². The minimum absolute atomic E-state index is 0.403. The van der Waals surface area contributed by atoms with Crippen molar-refractivity contribution in [2.45, 2.75) is 25.4 Å². The van der Waals surface area contributed by atoms with Crippen molar-refractivity contribution < 1.29 is 0 Å². The molecule has 1 aromatic rings. The molecule has 0 unspecified atom stereocenters. The second kappa shape index (κ2) is 5.16. The maximum atomic E-state index is 5.88. The molecule has 16 heavy (non-hydrogen) atoms. The lowest BCUT2D eigenvalue weighted by Gasteiger charge is -2.30. The zero-order valence-corrected chi connectivity index (χ0v) is 9.52.